The van der Waals surface area contributed by atoms with Gasteiger partial charge in [-0.15, -0.1) is 0 Å². The summed E-state index contributed by atoms with van der Waals surface area (Å²) in [6.45, 7) is 4.13. The minimum absolute atomic E-state index is 0.0352. The van der Waals surface area contributed by atoms with Crippen molar-refractivity contribution in [2.45, 2.75) is 63.9 Å². The van der Waals surface area contributed by atoms with E-state index >= 15 is 0 Å². The van der Waals surface area contributed by atoms with Gasteiger partial charge in [-0.3, -0.25) is 14.9 Å². The van der Waals surface area contributed by atoms with Crippen LogP contribution in [0.25, 0.3) is 10.8 Å². The number of carbonyl (C=O) groups is 1. The Balaban J connectivity index is 1.69. The van der Waals surface area contributed by atoms with Crippen LogP contribution in [0.4, 0.5) is 11.4 Å². The molecule has 3 aromatic carbocycles. The van der Waals surface area contributed by atoms with Crippen molar-refractivity contribution in [3.63, 3.8) is 0 Å². The fourth-order valence-electron chi connectivity index (χ4n) is 4.73. The molecular formula is C27H30N2O4. The van der Waals surface area contributed by atoms with E-state index in [1.54, 1.807) is 12.1 Å². The van der Waals surface area contributed by atoms with Crippen molar-refractivity contribution in [2.75, 3.05) is 5.32 Å². The Morgan fingerprint density at radius 1 is 1.03 bits per heavy atom. The summed E-state index contributed by atoms with van der Waals surface area (Å²) in [5, 5.41) is 16.2. The Morgan fingerprint density at radius 3 is 2.33 bits per heavy atom. The van der Waals surface area contributed by atoms with E-state index in [1.165, 1.54) is 12.1 Å². The highest BCUT2D eigenvalue weighted by atomic mass is 16.6. The van der Waals surface area contributed by atoms with Gasteiger partial charge >= 0.3 is 0 Å². The maximum absolute atomic E-state index is 13.8. The Labute approximate surface area is 194 Å². The smallest absolute Gasteiger partial charge is 0.269 e. The lowest BCUT2D eigenvalue weighted by Gasteiger charge is -2.36. The predicted octanol–water partition coefficient (Wildman–Crippen LogP) is 6.77. The molecule has 6 nitrogen and oxygen atoms in total. The van der Waals surface area contributed by atoms with Gasteiger partial charge in [-0.25, -0.2) is 0 Å². The molecule has 3 aromatic rings. The molecule has 0 unspecified atom stereocenters. The van der Waals surface area contributed by atoms with Gasteiger partial charge in [0, 0.05) is 28.6 Å². The fraction of sp³-hybridized carbons (Fsp3) is 0.370. The number of carbonyl (C=O) groups excluding carboxylic acids is 1. The molecule has 33 heavy (non-hydrogen) atoms. The van der Waals surface area contributed by atoms with Crippen LogP contribution in [0.2, 0.25) is 0 Å². The molecule has 1 N–H and O–H groups in total. The zero-order valence-corrected chi connectivity index (χ0v) is 19.2. The molecule has 1 aliphatic rings. The second kappa shape index (κ2) is 9.61. The molecule has 4 rings (SSSR count). The molecule has 0 radical (unpaired) electrons. The molecule has 0 spiro atoms. The normalized spacial score (nSPS) is 16.2. The first-order valence-electron chi connectivity index (χ1n) is 11.7. The SMILES string of the molecule is CC[C@@H](C)Oc1ccc(NC(=O)C2(c3ccc([N+](=O)[O-])cc3)CCCCC2)c2ccccc12. The lowest BCUT2D eigenvalue weighted by molar-refractivity contribution is -0.384. The number of amides is 1. The molecule has 1 amide bonds. The number of fused-ring (bicyclic) bond motifs is 1. The summed E-state index contributed by atoms with van der Waals surface area (Å²) in [5.41, 5.74) is 0.929. The number of non-ortho nitro benzene ring substituents is 1. The van der Waals surface area contributed by atoms with Gasteiger partial charge in [-0.05, 0) is 43.9 Å². The number of nitro benzene ring substituents is 1. The van der Waals surface area contributed by atoms with Crippen molar-refractivity contribution in [1.29, 1.82) is 0 Å². The number of rotatable bonds is 7. The van der Waals surface area contributed by atoms with Gasteiger partial charge in [0.2, 0.25) is 5.91 Å². The lowest BCUT2D eigenvalue weighted by Crippen LogP contribution is -2.42. The number of nitrogens with one attached hydrogen (secondary N) is 1. The molecule has 1 fully saturated rings. The van der Waals surface area contributed by atoms with E-state index in [9.17, 15) is 14.9 Å². The third-order valence-electron chi connectivity index (χ3n) is 6.81. The first-order valence-corrected chi connectivity index (χ1v) is 11.7. The van der Waals surface area contributed by atoms with Crippen LogP contribution in [0.3, 0.4) is 0 Å². The summed E-state index contributed by atoms with van der Waals surface area (Å²) in [5.74, 6) is 0.748. The summed E-state index contributed by atoms with van der Waals surface area (Å²) in [7, 11) is 0. The maximum Gasteiger partial charge on any atom is 0.269 e. The molecule has 0 aromatic heterocycles. The molecular weight excluding hydrogens is 416 g/mol. The van der Waals surface area contributed by atoms with E-state index in [1.807, 2.05) is 43.3 Å². The number of anilines is 1. The van der Waals surface area contributed by atoms with Crippen LogP contribution in [-0.4, -0.2) is 16.9 Å². The second-order valence-electron chi connectivity index (χ2n) is 8.89. The van der Waals surface area contributed by atoms with Gasteiger partial charge in [0.15, 0.2) is 0 Å². The van der Waals surface area contributed by atoms with Crippen LogP contribution in [-0.2, 0) is 10.2 Å². The van der Waals surface area contributed by atoms with Gasteiger partial charge in [-0.2, -0.15) is 0 Å². The third-order valence-corrected chi connectivity index (χ3v) is 6.81. The summed E-state index contributed by atoms with van der Waals surface area (Å²) < 4.78 is 6.10. The molecule has 1 atom stereocenters. The topological polar surface area (TPSA) is 81.5 Å². The van der Waals surface area contributed by atoms with E-state index in [2.05, 4.69) is 12.2 Å². The largest absolute Gasteiger partial charge is 0.490 e. The molecule has 6 heteroatoms. The van der Waals surface area contributed by atoms with Gasteiger partial charge in [0.1, 0.15) is 5.75 Å². The molecule has 1 saturated carbocycles. The van der Waals surface area contributed by atoms with E-state index in [0.717, 1.165) is 66.3 Å². The highest BCUT2D eigenvalue weighted by Gasteiger charge is 2.41. The van der Waals surface area contributed by atoms with E-state index < -0.39 is 10.3 Å². The van der Waals surface area contributed by atoms with Crippen LogP contribution in [0.5, 0.6) is 5.75 Å². The third kappa shape index (κ3) is 4.56. The van der Waals surface area contributed by atoms with Gasteiger partial charge < -0.3 is 10.1 Å². The van der Waals surface area contributed by atoms with Crippen molar-refractivity contribution < 1.29 is 14.5 Å². The summed E-state index contributed by atoms with van der Waals surface area (Å²) in [6, 6.07) is 18.2. The van der Waals surface area contributed by atoms with E-state index in [4.69, 9.17) is 4.74 Å². The predicted molar refractivity (Wildman–Crippen MR) is 131 cm³/mol. The van der Waals surface area contributed by atoms with Crippen molar-refractivity contribution in [3.05, 3.63) is 76.3 Å². The summed E-state index contributed by atoms with van der Waals surface area (Å²) in [4.78, 5) is 24.5. The van der Waals surface area contributed by atoms with E-state index in [-0.39, 0.29) is 17.7 Å². The highest BCUT2D eigenvalue weighted by Crippen LogP contribution is 2.42. The number of hydrogen-bond donors (Lipinski definition) is 1. The van der Waals surface area contributed by atoms with Crippen LogP contribution >= 0.6 is 0 Å². The van der Waals surface area contributed by atoms with Gasteiger partial charge in [0.05, 0.1) is 16.4 Å². The Bertz CT molecular complexity index is 1150. The lowest BCUT2D eigenvalue weighted by atomic mass is 9.68. The summed E-state index contributed by atoms with van der Waals surface area (Å²) in [6.07, 6.45) is 5.45. The Hall–Kier alpha value is -3.41. The molecule has 1 aliphatic carbocycles. The highest BCUT2D eigenvalue weighted by molar-refractivity contribution is 6.07. The average molecular weight is 447 g/mol. The van der Waals surface area contributed by atoms with Gasteiger partial charge in [0.25, 0.3) is 5.69 Å². The monoisotopic (exact) mass is 446 g/mol. The second-order valence-corrected chi connectivity index (χ2v) is 8.89. The molecule has 0 bridgehead atoms. The maximum atomic E-state index is 13.8. The fourth-order valence-corrected chi connectivity index (χ4v) is 4.73. The van der Waals surface area contributed by atoms with Crippen LogP contribution in [0.15, 0.2) is 60.7 Å². The minimum atomic E-state index is -0.694. The minimum Gasteiger partial charge on any atom is -0.490 e. The quantitative estimate of drug-likeness (QED) is 0.321. The standard InChI is InChI=1S/C27H30N2O4/c1-3-19(2)33-25-16-15-24(22-9-5-6-10-23(22)25)28-26(30)27(17-7-4-8-18-27)20-11-13-21(14-12-20)29(31)32/h5-6,9-16,19H,3-4,7-8,17-18H2,1-2H3,(H,28,30)/t19-/m1/s1. The van der Waals surface area contributed by atoms with E-state index in [0.29, 0.717) is 0 Å². The number of benzene rings is 3. The molecule has 172 valence electrons. The van der Waals surface area contributed by atoms with Crippen LogP contribution in [0, 0.1) is 10.1 Å². The van der Waals surface area contributed by atoms with Crippen LogP contribution in [0.1, 0.15) is 57.9 Å². The zero-order valence-electron chi connectivity index (χ0n) is 19.2. The average Bonchev–Trinajstić information content (AvgIpc) is 2.85. The molecule has 0 aliphatic heterocycles. The molecule has 0 heterocycles. The van der Waals surface area contributed by atoms with Gasteiger partial charge in [-0.1, -0.05) is 62.6 Å². The van der Waals surface area contributed by atoms with Crippen molar-refractivity contribution in [3.8, 4) is 5.75 Å². The number of nitrogens with zero attached hydrogens (tertiary/aromatic N) is 1. The first kappa shape index (κ1) is 22.8. The first-order chi connectivity index (χ1) is 15.9. The molecule has 0 saturated heterocycles. The van der Waals surface area contributed by atoms with Crippen LogP contribution < -0.4 is 10.1 Å². The number of hydrogen-bond acceptors (Lipinski definition) is 4. The number of ether oxygens (including phenoxy) is 1. The van der Waals surface area contributed by atoms with Crippen molar-refractivity contribution in [1.82, 2.24) is 0 Å². The van der Waals surface area contributed by atoms with Crippen molar-refractivity contribution in [2.24, 2.45) is 0 Å². The Morgan fingerprint density at radius 2 is 1.70 bits per heavy atom. The zero-order chi connectivity index (χ0) is 23.4. The number of nitro groups is 1. The Kier molecular flexibility index (Phi) is 6.63. The van der Waals surface area contributed by atoms with Crippen molar-refractivity contribution >= 4 is 28.1 Å². The summed E-state index contributed by atoms with van der Waals surface area (Å²) >= 11 is 0.